The molecule has 5 nitrogen and oxygen atoms in total. The molecule has 0 radical (unpaired) electrons. The highest BCUT2D eigenvalue weighted by atomic mass is 16.5. The van der Waals surface area contributed by atoms with E-state index in [1.165, 1.54) is 0 Å². The third kappa shape index (κ3) is 9.72. The highest BCUT2D eigenvalue weighted by Crippen LogP contribution is 2.22. The maximum atomic E-state index is 10.5. The second-order valence-electron chi connectivity index (χ2n) is 6.76. The average Bonchev–Trinajstić information content (AvgIpc) is 2.80. The number of phenols is 1. The lowest BCUT2D eigenvalue weighted by Gasteiger charge is -2.14. The SMILES string of the molecule is [2H]C([2H])(CCCCC([2H])([2H])OC([2H])([2H])CCCc1ccccc1)NCC([2H])(O)c1ccc(O)c(C([2H])([2H])O)c1. The molecule has 1 atom stereocenters. The van der Waals surface area contributed by atoms with Gasteiger partial charge in [0, 0.05) is 28.0 Å². The number of unbranched alkanes of at least 4 members (excludes halogenated alkanes) is 1. The van der Waals surface area contributed by atoms with Gasteiger partial charge in [0.05, 0.1) is 22.2 Å². The molecule has 2 rings (SSSR count). The normalized spacial score (nSPS) is 19.6. The van der Waals surface area contributed by atoms with Crippen LogP contribution in [0.4, 0.5) is 0 Å². The Bertz CT molecular complexity index is 1050. The van der Waals surface area contributed by atoms with Crippen LogP contribution in [0.1, 0.15) is 73.6 Å². The quantitative estimate of drug-likeness (QED) is 0.305. The smallest absolute Gasteiger partial charge is 0.121 e. The van der Waals surface area contributed by atoms with Gasteiger partial charge in [0.25, 0.3) is 0 Å². The van der Waals surface area contributed by atoms with Crippen molar-refractivity contribution in [2.75, 3.05) is 26.2 Å². The van der Waals surface area contributed by atoms with Crippen LogP contribution < -0.4 is 5.32 Å². The fourth-order valence-electron chi connectivity index (χ4n) is 2.71. The molecule has 2 aromatic carbocycles. The van der Waals surface area contributed by atoms with Gasteiger partial charge in [0.2, 0.25) is 0 Å². The number of hydrogen-bond donors (Lipinski definition) is 4. The zero-order valence-electron chi connectivity index (χ0n) is 26.0. The largest absolute Gasteiger partial charge is 0.508 e. The number of ether oxygens (including phenoxy) is 1. The molecule has 0 aliphatic rings. The molecule has 0 saturated carbocycles. The van der Waals surface area contributed by atoms with Gasteiger partial charge in [0.1, 0.15) is 5.75 Å². The summed E-state index contributed by atoms with van der Waals surface area (Å²) in [5, 5.41) is 32.2. The molecule has 2 aromatic rings. The number of nitrogens with one attached hydrogen (secondary N) is 1. The maximum absolute atomic E-state index is 10.5. The van der Waals surface area contributed by atoms with Crippen molar-refractivity contribution in [3.05, 3.63) is 65.2 Å². The lowest BCUT2D eigenvalue weighted by molar-refractivity contribution is 0.126. The van der Waals surface area contributed by atoms with Gasteiger partial charge in [-0.2, -0.15) is 0 Å². The van der Waals surface area contributed by atoms with E-state index in [0.717, 1.165) is 23.8 Å². The van der Waals surface area contributed by atoms with E-state index in [0.29, 0.717) is 12.8 Å². The summed E-state index contributed by atoms with van der Waals surface area (Å²) in [6.45, 7) is -9.94. The zero-order valence-corrected chi connectivity index (χ0v) is 17.0. The van der Waals surface area contributed by atoms with Crippen molar-refractivity contribution in [3.63, 3.8) is 0 Å². The first-order chi connectivity index (χ1) is 17.8. The topological polar surface area (TPSA) is 82.0 Å². The molecule has 166 valence electrons. The molecule has 5 heteroatoms. The third-order valence-electron chi connectivity index (χ3n) is 4.39. The summed E-state index contributed by atoms with van der Waals surface area (Å²) in [6.07, 6.45) is -1.08. The molecule has 0 fully saturated rings. The highest BCUT2D eigenvalue weighted by Gasteiger charge is 2.09. The van der Waals surface area contributed by atoms with E-state index in [4.69, 9.17) is 17.1 Å². The summed E-state index contributed by atoms with van der Waals surface area (Å²) in [4.78, 5) is 0. The molecule has 0 heterocycles. The molecule has 1 unspecified atom stereocenters. The number of hydrogen-bond acceptors (Lipinski definition) is 5. The summed E-state index contributed by atoms with van der Waals surface area (Å²) in [5.41, 5.74) is 0.356. The molecule has 4 N–H and O–H groups in total. The van der Waals surface area contributed by atoms with Gasteiger partial charge >= 0.3 is 0 Å². The van der Waals surface area contributed by atoms with Gasteiger partial charge in [-0.1, -0.05) is 49.2 Å². The van der Waals surface area contributed by atoms with E-state index < -0.39 is 50.1 Å². The lowest BCUT2D eigenvalue weighted by Crippen LogP contribution is -2.22. The van der Waals surface area contributed by atoms with E-state index in [1.807, 2.05) is 30.3 Å². The average molecular weight is 425 g/mol. The molecular formula is C25H37NO4. The predicted molar refractivity (Wildman–Crippen MR) is 121 cm³/mol. The Balaban J connectivity index is 1.79. The van der Waals surface area contributed by atoms with Gasteiger partial charge in [-0.25, -0.2) is 0 Å². The van der Waals surface area contributed by atoms with Crippen LogP contribution in [0, 0.1) is 0 Å². The maximum Gasteiger partial charge on any atom is 0.121 e. The van der Waals surface area contributed by atoms with Crippen molar-refractivity contribution >= 4 is 0 Å². The first-order valence-electron chi connectivity index (χ1n) is 14.6. The Hall–Kier alpha value is -1.92. The highest BCUT2D eigenvalue weighted by molar-refractivity contribution is 5.36. The van der Waals surface area contributed by atoms with Gasteiger partial charge < -0.3 is 25.4 Å². The number of aromatic hydroxyl groups is 1. The number of rotatable bonds is 16. The number of aryl methyl sites for hydroxylation is 1. The molecule has 0 spiro atoms. The fourth-order valence-corrected chi connectivity index (χ4v) is 2.71. The van der Waals surface area contributed by atoms with Crippen molar-refractivity contribution in [3.8, 4) is 5.75 Å². The Kier molecular flexibility index (Phi) is 7.08. The van der Waals surface area contributed by atoms with E-state index in [2.05, 4.69) is 5.32 Å². The number of benzene rings is 2. The van der Waals surface area contributed by atoms with Crippen molar-refractivity contribution in [2.45, 2.75) is 57.6 Å². The van der Waals surface area contributed by atoms with Gasteiger partial charge in [-0.3, -0.25) is 0 Å². The van der Waals surface area contributed by atoms with Crippen LogP contribution in [-0.4, -0.2) is 41.5 Å². The Morgan fingerprint density at radius 2 is 1.70 bits per heavy atom. The van der Waals surface area contributed by atoms with E-state index in [9.17, 15) is 15.3 Å². The van der Waals surface area contributed by atoms with Gasteiger partial charge in [-0.05, 0) is 61.9 Å². The Labute approximate surface area is 193 Å². The van der Waals surface area contributed by atoms with Crippen LogP contribution in [0.5, 0.6) is 5.75 Å². The first kappa shape index (κ1) is 14.2. The van der Waals surface area contributed by atoms with E-state index in [-0.39, 0.29) is 37.7 Å². The molecule has 0 amide bonds. The van der Waals surface area contributed by atoms with E-state index in [1.54, 1.807) is 0 Å². The summed E-state index contributed by atoms with van der Waals surface area (Å²) < 4.78 is 76.2. The second-order valence-corrected chi connectivity index (χ2v) is 6.76. The molecule has 0 aromatic heterocycles. The fraction of sp³-hybridized carbons (Fsp3) is 0.520. The summed E-state index contributed by atoms with van der Waals surface area (Å²) in [5.74, 6) is -0.561. The Morgan fingerprint density at radius 1 is 0.967 bits per heavy atom. The van der Waals surface area contributed by atoms with E-state index >= 15 is 0 Å². The molecule has 0 aliphatic heterocycles. The van der Waals surface area contributed by atoms with Crippen LogP contribution in [0.2, 0.25) is 0 Å². The van der Waals surface area contributed by atoms with Crippen LogP contribution in [0.25, 0.3) is 0 Å². The minimum Gasteiger partial charge on any atom is -0.508 e. The second kappa shape index (κ2) is 15.0. The standard InChI is InChI=1S/C25H37NO4/c27-20-23-18-22(13-14-24(23)28)25(29)19-26-15-7-1-2-8-16-30-17-9-6-12-21-10-4-3-5-11-21/h3-5,10-11,13-14,18,25-29H,1-2,6-9,12,15-17,19-20H2/i15D2,16D2,17D2,20D2,25D. The zero-order chi connectivity index (χ0) is 29.5. The van der Waals surface area contributed by atoms with Crippen LogP contribution in [0.15, 0.2) is 48.5 Å². The minimum absolute atomic E-state index is 0.0231. The number of aliphatic hydroxyl groups is 2. The molecule has 0 saturated heterocycles. The first-order valence-corrected chi connectivity index (χ1v) is 10.1. The summed E-state index contributed by atoms with van der Waals surface area (Å²) in [6, 6.07) is 12.7. The third-order valence-corrected chi connectivity index (χ3v) is 4.39. The van der Waals surface area contributed by atoms with Gasteiger partial charge in [0.15, 0.2) is 0 Å². The van der Waals surface area contributed by atoms with Crippen molar-refractivity contribution < 1.29 is 32.4 Å². The monoisotopic (exact) mass is 424 g/mol. The minimum atomic E-state index is -2.91. The van der Waals surface area contributed by atoms with Crippen molar-refractivity contribution in [1.29, 1.82) is 0 Å². The Morgan fingerprint density at radius 3 is 2.47 bits per heavy atom. The lowest BCUT2D eigenvalue weighted by atomic mass is 10.1. The molecule has 0 aliphatic carbocycles. The van der Waals surface area contributed by atoms with Crippen molar-refractivity contribution in [1.82, 2.24) is 5.32 Å². The van der Waals surface area contributed by atoms with Crippen LogP contribution in [0.3, 0.4) is 0 Å². The summed E-state index contributed by atoms with van der Waals surface area (Å²) >= 11 is 0. The predicted octanol–water partition coefficient (Wildman–Crippen LogP) is 4.11. The van der Waals surface area contributed by atoms with Gasteiger partial charge in [-0.15, -0.1) is 0 Å². The summed E-state index contributed by atoms with van der Waals surface area (Å²) in [7, 11) is 0. The molecular weight excluding hydrogens is 378 g/mol. The molecule has 30 heavy (non-hydrogen) atoms. The van der Waals surface area contributed by atoms with Crippen molar-refractivity contribution in [2.24, 2.45) is 0 Å². The molecule has 0 bridgehead atoms. The van der Waals surface area contributed by atoms with Crippen LogP contribution in [-0.2, 0) is 17.7 Å². The van der Waals surface area contributed by atoms with Crippen LogP contribution >= 0.6 is 0 Å².